The van der Waals surface area contributed by atoms with Crippen LogP contribution in [0.2, 0.25) is 0 Å². The van der Waals surface area contributed by atoms with Crippen molar-refractivity contribution in [2.24, 2.45) is 5.73 Å². The lowest BCUT2D eigenvalue weighted by Gasteiger charge is -2.35. The Balaban J connectivity index is 1.40. The SMILES string of the molecule is NC(=O)c1nc2c(s1)C(c1ccccc1N)N(C(=O)Nc1ccc(Oc3ccccc3)cc1)CC2. The number of ether oxygens (including phenoxy) is 1. The van der Waals surface area contributed by atoms with Crippen LogP contribution in [-0.4, -0.2) is 28.4 Å². The minimum Gasteiger partial charge on any atom is -0.457 e. The summed E-state index contributed by atoms with van der Waals surface area (Å²) in [6.07, 6.45) is 0.514. The van der Waals surface area contributed by atoms with E-state index >= 15 is 0 Å². The Labute approximate surface area is 206 Å². The first-order valence-corrected chi connectivity index (χ1v) is 11.9. The van der Waals surface area contributed by atoms with Crippen molar-refractivity contribution < 1.29 is 14.3 Å². The maximum absolute atomic E-state index is 13.4. The number of hydrogen-bond donors (Lipinski definition) is 3. The zero-order chi connectivity index (χ0) is 24.4. The van der Waals surface area contributed by atoms with Gasteiger partial charge in [-0.1, -0.05) is 36.4 Å². The minimum atomic E-state index is -0.585. The number of nitrogens with two attached hydrogens (primary N) is 2. The third kappa shape index (κ3) is 4.67. The van der Waals surface area contributed by atoms with E-state index in [1.807, 2.05) is 48.5 Å². The molecule has 8 nitrogen and oxygen atoms in total. The summed E-state index contributed by atoms with van der Waals surface area (Å²) in [4.78, 5) is 32.1. The van der Waals surface area contributed by atoms with Crippen LogP contribution < -0.4 is 21.5 Å². The fourth-order valence-electron chi connectivity index (χ4n) is 4.07. The number of carbonyl (C=O) groups excluding carboxylic acids is 2. The average Bonchev–Trinajstić information content (AvgIpc) is 3.31. The molecule has 3 aromatic carbocycles. The van der Waals surface area contributed by atoms with Gasteiger partial charge in [0.25, 0.3) is 5.91 Å². The van der Waals surface area contributed by atoms with Crippen molar-refractivity contribution in [2.45, 2.75) is 12.5 Å². The number of urea groups is 1. The molecule has 0 aliphatic carbocycles. The van der Waals surface area contributed by atoms with E-state index in [0.717, 1.165) is 21.9 Å². The Hall–Kier alpha value is -4.37. The zero-order valence-electron chi connectivity index (χ0n) is 18.7. The summed E-state index contributed by atoms with van der Waals surface area (Å²) < 4.78 is 5.82. The lowest BCUT2D eigenvalue weighted by Crippen LogP contribution is -2.42. The molecule has 0 saturated heterocycles. The molecule has 1 atom stereocenters. The molecule has 4 aromatic rings. The van der Waals surface area contributed by atoms with Gasteiger partial charge in [-0.3, -0.25) is 4.79 Å². The predicted octanol–water partition coefficient (Wildman–Crippen LogP) is 4.80. The van der Waals surface area contributed by atoms with E-state index in [1.54, 1.807) is 35.2 Å². The lowest BCUT2D eigenvalue weighted by atomic mass is 9.96. The summed E-state index contributed by atoms with van der Waals surface area (Å²) in [6.45, 7) is 0.412. The number of para-hydroxylation sites is 2. The predicted molar refractivity (Wildman–Crippen MR) is 136 cm³/mol. The van der Waals surface area contributed by atoms with Gasteiger partial charge in [0.05, 0.1) is 16.6 Å². The van der Waals surface area contributed by atoms with Crippen LogP contribution in [0.5, 0.6) is 11.5 Å². The van der Waals surface area contributed by atoms with E-state index in [2.05, 4.69) is 10.3 Å². The molecule has 1 aliphatic heterocycles. The summed E-state index contributed by atoms with van der Waals surface area (Å²) in [6, 6.07) is 23.3. The summed E-state index contributed by atoms with van der Waals surface area (Å²) in [7, 11) is 0. The highest BCUT2D eigenvalue weighted by atomic mass is 32.1. The van der Waals surface area contributed by atoms with Crippen LogP contribution in [0.1, 0.15) is 32.0 Å². The van der Waals surface area contributed by atoms with E-state index in [1.165, 1.54) is 11.3 Å². The molecule has 35 heavy (non-hydrogen) atoms. The van der Waals surface area contributed by atoms with Gasteiger partial charge in [-0.15, -0.1) is 11.3 Å². The van der Waals surface area contributed by atoms with Crippen molar-refractivity contribution in [1.29, 1.82) is 0 Å². The molecule has 1 unspecified atom stereocenters. The smallest absolute Gasteiger partial charge is 0.322 e. The second kappa shape index (κ2) is 9.47. The van der Waals surface area contributed by atoms with E-state index in [-0.39, 0.29) is 11.0 Å². The molecule has 1 aliphatic rings. The van der Waals surface area contributed by atoms with Gasteiger partial charge in [0.2, 0.25) is 0 Å². The van der Waals surface area contributed by atoms with Crippen molar-refractivity contribution in [1.82, 2.24) is 9.88 Å². The Bertz CT molecular complexity index is 1370. The number of primary amides is 1. The molecule has 9 heteroatoms. The topological polar surface area (TPSA) is 124 Å². The molecule has 0 radical (unpaired) electrons. The number of hydrogen-bond acceptors (Lipinski definition) is 6. The number of aromatic nitrogens is 1. The van der Waals surface area contributed by atoms with Crippen molar-refractivity contribution in [3.05, 3.63) is 100 Å². The van der Waals surface area contributed by atoms with Crippen LogP contribution in [-0.2, 0) is 6.42 Å². The van der Waals surface area contributed by atoms with Crippen molar-refractivity contribution >= 4 is 34.6 Å². The van der Waals surface area contributed by atoms with E-state index in [9.17, 15) is 9.59 Å². The molecule has 0 spiro atoms. The first kappa shape index (κ1) is 22.4. The van der Waals surface area contributed by atoms with Gasteiger partial charge in [-0.2, -0.15) is 0 Å². The van der Waals surface area contributed by atoms with Crippen LogP contribution in [0.25, 0.3) is 0 Å². The third-order valence-electron chi connectivity index (χ3n) is 5.72. The monoisotopic (exact) mass is 485 g/mol. The van der Waals surface area contributed by atoms with Gasteiger partial charge in [-0.05, 0) is 42.5 Å². The summed E-state index contributed by atoms with van der Waals surface area (Å²) in [5, 5.41) is 3.19. The van der Waals surface area contributed by atoms with Crippen LogP contribution in [0, 0.1) is 0 Å². The van der Waals surface area contributed by atoms with E-state index in [0.29, 0.717) is 30.1 Å². The molecule has 3 amide bonds. The van der Waals surface area contributed by atoms with Crippen LogP contribution in [0.3, 0.4) is 0 Å². The van der Waals surface area contributed by atoms with E-state index in [4.69, 9.17) is 16.2 Å². The molecular weight excluding hydrogens is 462 g/mol. The number of nitrogens with zero attached hydrogens (tertiary/aromatic N) is 2. The molecule has 2 heterocycles. The quantitative estimate of drug-likeness (QED) is 0.351. The summed E-state index contributed by atoms with van der Waals surface area (Å²) in [5.41, 5.74) is 14.5. The van der Waals surface area contributed by atoms with Crippen LogP contribution in [0.4, 0.5) is 16.2 Å². The van der Waals surface area contributed by atoms with Gasteiger partial charge in [0.1, 0.15) is 11.5 Å². The second-order valence-electron chi connectivity index (χ2n) is 8.04. The number of thiazole rings is 1. The number of nitrogen functional groups attached to an aromatic ring is 1. The maximum Gasteiger partial charge on any atom is 0.322 e. The van der Waals surface area contributed by atoms with Crippen molar-refractivity contribution in [2.75, 3.05) is 17.6 Å². The van der Waals surface area contributed by atoms with Crippen LogP contribution >= 0.6 is 11.3 Å². The number of rotatable bonds is 5. The molecule has 0 bridgehead atoms. The maximum atomic E-state index is 13.4. The number of anilines is 2. The zero-order valence-corrected chi connectivity index (χ0v) is 19.5. The van der Waals surface area contributed by atoms with Crippen LogP contribution in [0.15, 0.2) is 78.9 Å². The fraction of sp³-hybridized carbons (Fsp3) is 0.115. The Morgan fingerprint density at radius 1 is 0.971 bits per heavy atom. The van der Waals surface area contributed by atoms with E-state index < -0.39 is 11.9 Å². The minimum absolute atomic E-state index is 0.228. The Kier molecular flexibility index (Phi) is 6.07. The Morgan fingerprint density at radius 2 is 1.66 bits per heavy atom. The number of amides is 3. The largest absolute Gasteiger partial charge is 0.457 e. The molecule has 1 aromatic heterocycles. The van der Waals surface area contributed by atoms with Gasteiger partial charge >= 0.3 is 6.03 Å². The van der Waals surface area contributed by atoms with Gasteiger partial charge in [-0.25, -0.2) is 9.78 Å². The molecular formula is C26H23N5O3S. The molecule has 0 saturated carbocycles. The third-order valence-corrected chi connectivity index (χ3v) is 6.89. The lowest BCUT2D eigenvalue weighted by molar-refractivity contribution is 0.0999. The molecule has 0 fully saturated rings. The number of nitrogens with one attached hydrogen (secondary N) is 1. The van der Waals surface area contributed by atoms with Crippen molar-refractivity contribution in [3.63, 3.8) is 0 Å². The fourth-order valence-corrected chi connectivity index (χ4v) is 5.17. The standard InChI is InChI=1S/C26H23N5O3S/c27-20-9-5-4-8-19(20)22-23-21(30-25(35-23)24(28)32)14-15-31(22)26(33)29-16-10-12-18(13-11-16)34-17-6-2-1-3-7-17/h1-13,22H,14-15,27H2,(H2,28,32)(H,29,33). The van der Waals surface area contributed by atoms with Gasteiger partial charge in [0.15, 0.2) is 5.01 Å². The normalized spacial score (nSPS) is 14.7. The summed E-state index contributed by atoms with van der Waals surface area (Å²) in [5.74, 6) is 0.810. The number of benzene rings is 3. The molecule has 176 valence electrons. The molecule has 5 rings (SSSR count). The highest BCUT2D eigenvalue weighted by molar-refractivity contribution is 7.13. The van der Waals surface area contributed by atoms with Gasteiger partial charge < -0.3 is 26.4 Å². The number of carbonyl (C=O) groups is 2. The van der Waals surface area contributed by atoms with Gasteiger partial charge in [0, 0.05) is 29.9 Å². The first-order valence-electron chi connectivity index (χ1n) is 11.0. The highest BCUT2D eigenvalue weighted by Crippen LogP contribution is 2.41. The average molecular weight is 486 g/mol. The second-order valence-corrected chi connectivity index (χ2v) is 9.07. The first-order chi connectivity index (χ1) is 17.0. The highest BCUT2D eigenvalue weighted by Gasteiger charge is 2.36. The summed E-state index contributed by atoms with van der Waals surface area (Å²) >= 11 is 1.21. The number of fused-ring (bicyclic) bond motifs is 1. The molecule has 5 N–H and O–H groups in total. The van der Waals surface area contributed by atoms with Crippen molar-refractivity contribution in [3.8, 4) is 11.5 Å². The Morgan fingerprint density at radius 3 is 2.37 bits per heavy atom.